The van der Waals surface area contributed by atoms with Gasteiger partial charge in [0.2, 0.25) is 0 Å². The number of piperidine rings is 1. The molecule has 5 nitrogen and oxygen atoms in total. The van der Waals surface area contributed by atoms with Crippen LogP contribution < -0.4 is 5.73 Å². The van der Waals surface area contributed by atoms with Gasteiger partial charge in [0.15, 0.2) is 0 Å². The molecular formula is C15H21N5. The second-order valence-electron chi connectivity index (χ2n) is 5.58. The van der Waals surface area contributed by atoms with E-state index in [1.165, 1.54) is 11.3 Å². The summed E-state index contributed by atoms with van der Waals surface area (Å²) < 4.78 is 1.96. The van der Waals surface area contributed by atoms with Crippen molar-refractivity contribution in [2.24, 2.45) is 0 Å². The van der Waals surface area contributed by atoms with Crippen molar-refractivity contribution >= 4 is 5.82 Å². The molecule has 3 heterocycles. The first-order chi connectivity index (χ1) is 9.66. The van der Waals surface area contributed by atoms with Crippen molar-refractivity contribution in [1.82, 2.24) is 19.7 Å². The van der Waals surface area contributed by atoms with Crippen LogP contribution in [0.1, 0.15) is 36.2 Å². The lowest BCUT2D eigenvalue weighted by Gasteiger charge is -2.37. The molecule has 0 spiro atoms. The fourth-order valence-electron chi connectivity index (χ4n) is 3.08. The Bertz CT molecular complexity index is 591. The lowest BCUT2D eigenvalue weighted by atomic mass is 9.93. The first kappa shape index (κ1) is 13.1. The zero-order valence-electron chi connectivity index (χ0n) is 12.0. The van der Waals surface area contributed by atoms with E-state index in [0.29, 0.717) is 12.1 Å². The molecule has 2 unspecified atom stereocenters. The molecule has 0 aromatic carbocycles. The number of aryl methyl sites for hydroxylation is 1. The highest BCUT2D eigenvalue weighted by Gasteiger charge is 2.30. The zero-order chi connectivity index (χ0) is 14.1. The van der Waals surface area contributed by atoms with Crippen LogP contribution in [0.25, 0.3) is 0 Å². The maximum Gasteiger partial charge on any atom is 0.121 e. The van der Waals surface area contributed by atoms with Gasteiger partial charge in [-0.3, -0.25) is 9.88 Å². The van der Waals surface area contributed by atoms with Gasteiger partial charge < -0.3 is 5.73 Å². The highest BCUT2D eigenvalue weighted by atomic mass is 15.3. The molecule has 20 heavy (non-hydrogen) atoms. The van der Waals surface area contributed by atoms with Crippen LogP contribution in [0.2, 0.25) is 0 Å². The van der Waals surface area contributed by atoms with Crippen molar-refractivity contribution in [3.63, 3.8) is 0 Å². The lowest BCUT2D eigenvalue weighted by molar-refractivity contribution is 0.137. The van der Waals surface area contributed by atoms with Crippen LogP contribution in [0.15, 0.2) is 30.6 Å². The Kier molecular flexibility index (Phi) is 3.44. The van der Waals surface area contributed by atoms with Crippen molar-refractivity contribution in [3.8, 4) is 0 Å². The van der Waals surface area contributed by atoms with Crippen molar-refractivity contribution in [2.45, 2.75) is 31.8 Å². The van der Waals surface area contributed by atoms with E-state index >= 15 is 0 Å². The molecule has 5 heteroatoms. The molecule has 0 aliphatic carbocycles. The maximum atomic E-state index is 5.99. The number of nitrogens with zero attached hydrogens (tertiary/aromatic N) is 4. The van der Waals surface area contributed by atoms with Crippen molar-refractivity contribution in [2.75, 3.05) is 19.3 Å². The van der Waals surface area contributed by atoms with E-state index in [0.717, 1.165) is 25.2 Å². The summed E-state index contributed by atoms with van der Waals surface area (Å²) >= 11 is 0. The van der Waals surface area contributed by atoms with Crippen molar-refractivity contribution in [3.05, 3.63) is 41.9 Å². The molecule has 0 saturated carbocycles. The van der Waals surface area contributed by atoms with E-state index in [2.05, 4.69) is 35.0 Å². The largest absolute Gasteiger partial charge is 0.384 e. The van der Waals surface area contributed by atoms with E-state index in [9.17, 15) is 0 Å². The van der Waals surface area contributed by atoms with Crippen molar-refractivity contribution in [1.29, 1.82) is 0 Å². The number of pyridine rings is 1. The van der Waals surface area contributed by atoms with Gasteiger partial charge in [-0.05, 0) is 44.5 Å². The molecule has 1 aliphatic heterocycles. The molecule has 0 radical (unpaired) electrons. The lowest BCUT2D eigenvalue weighted by Crippen LogP contribution is -2.36. The topological polar surface area (TPSA) is 60.0 Å². The summed E-state index contributed by atoms with van der Waals surface area (Å²) in [4.78, 5) is 6.97. The van der Waals surface area contributed by atoms with E-state index < -0.39 is 0 Å². The predicted octanol–water partition coefficient (Wildman–Crippen LogP) is 2.18. The van der Waals surface area contributed by atoms with Gasteiger partial charge in [0.1, 0.15) is 5.82 Å². The minimum absolute atomic E-state index is 0.332. The number of nitrogen functional groups attached to an aromatic ring is 1. The Hall–Kier alpha value is -1.88. The van der Waals surface area contributed by atoms with E-state index in [4.69, 9.17) is 5.73 Å². The zero-order valence-corrected chi connectivity index (χ0v) is 12.0. The highest BCUT2D eigenvalue weighted by Crippen LogP contribution is 2.36. The second kappa shape index (κ2) is 5.25. The van der Waals surface area contributed by atoms with Gasteiger partial charge in [0.05, 0.1) is 24.0 Å². The molecule has 1 fully saturated rings. The van der Waals surface area contributed by atoms with Gasteiger partial charge in [-0.25, -0.2) is 4.68 Å². The number of rotatable bonds is 2. The minimum Gasteiger partial charge on any atom is -0.384 e. The van der Waals surface area contributed by atoms with Crippen LogP contribution in [0.4, 0.5) is 5.82 Å². The standard InChI is InChI=1S/C15H21N5/c1-11-4-3-7-17-15(11)13-10-12(6-9-19(13)2)20-14(16)5-8-18-20/h3-5,7-8,12-13H,6,9-10,16H2,1-2H3. The van der Waals surface area contributed by atoms with Gasteiger partial charge in [0.25, 0.3) is 0 Å². The van der Waals surface area contributed by atoms with E-state index in [-0.39, 0.29) is 0 Å². The SMILES string of the molecule is Cc1cccnc1C1CC(n2nccc2N)CCN1C. The third kappa shape index (κ3) is 2.29. The Morgan fingerprint density at radius 2 is 2.15 bits per heavy atom. The van der Waals surface area contributed by atoms with Gasteiger partial charge in [-0.2, -0.15) is 5.10 Å². The molecule has 1 aliphatic rings. The molecule has 2 aromatic heterocycles. The van der Waals surface area contributed by atoms with Crippen LogP contribution in [-0.2, 0) is 0 Å². The predicted molar refractivity (Wildman–Crippen MR) is 79.3 cm³/mol. The van der Waals surface area contributed by atoms with Gasteiger partial charge in [0, 0.05) is 12.7 Å². The summed E-state index contributed by atoms with van der Waals surface area (Å²) in [6.45, 7) is 3.16. The van der Waals surface area contributed by atoms with Crippen LogP contribution in [0.5, 0.6) is 0 Å². The number of anilines is 1. The Labute approximate surface area is 119 Å². The van der Waals surface area contributed by atoms with Crippen LogP contribution in [0, 0.1) is 6.92 Å². The normalized spacial score (nSPS) is 23.9. The summed E-state index contributed by atoms with van der Waals surface area (Å²) in [5, 5.41) is 4.37. The third-order valence-corrected chi connectivity index (χ3v) is 4.25. The van der Waals surface area contributed by atoms with E-state index in [1.807, 2.05) is 23.0 Å². The Morgan fingerprint density at radius 1 is 1.30 bits per heavy atom. The second-order valence-corrected chi connectivity index (χ2v) is 5.58. The summed E-state index contributed by atoms with van der Waals surface area (Å²) in [5.41, 5.74) is 8.41. The average molecular weight is 271 g/mol. The maximum absolute atomic E-state index is 5.99. The molecule has 106 valence electrons. The fourth-order valence-corrected chi connectivity index (χ4v) is 3.08. The number of nitrogens with two attached hydrogens (primary N) is 1. The first-order valence-electron chi connectivity index (χ1n) is 7.07. The third-order valence-electron chi connectivity index (χ3n) is 4.25. The van der Waals surface area contributed by atoms with Gasteiger partial charge in [-0.15, -0.1) is 0 Å². The summed E-state index contributed by atoms with van der Waals surface area (Å²) in [7, 11) is 2.17. The summed E-state index contributed by atoms with van der Waals surface area (Å²) in [5.74, 6) is 0.746. The molecule has 2 N–H and O–H groups in total. The minimum atomic E-state index is 0.332. The fraction of sp³-hybridized carbons (Fsp3) is 0.467. The monoisotopic (exact) mass is 271 g/mol. The number of aromatic nitrogens is 3. The number of hydrogen-bond donors (Lipinski definition) is 1. The molecule has 2 atom stereocenters. The van der Waals surface area contributed by atoms with Crippen LogP contribution in [0.3, 0.4) is 0 Å². The number of likely N-dealkylation sites (tertiary alicyclic amines) is 1. The molecule has 1 saturated heterocycles. The average Bonchev–Trinajstić information content (AvgIpc) is 2.87. The summed E-state index contributed by atoms with van der Waals surface area (Å²) in [6.07, 6.45) is 5.72. The first-order valence-corrected chi connectivity index (χ1v) is 7.07. The molecular weight excluding hydrogens is 250 g/mol. The highest BCUT2D eigenvalue weighted by molar-refractivity contribution is 5.27. The summed E-state index contributed by atoms with van der Waals surface area (Å²) in [6, 6.07) is 6.66. The Balaban J connectivity index is 1.88. The Morgan fingerprint density at radius 3 is 2.85 bits per heavy atom. The quantitative estimate of drug-likeness (QED) is 0.909. The van der Waals surface area contributed by atoms with Gasteiger partial charge in [-0.1, -0.05) is 6.07 Å². The smallest absolute Gasteiger partial charge is 0.121 e. The van der Waals surface area contributed by atoms with Gasteiger partial charge >= 0.3 is 0 Å². The molecule has 3 rings (SSSR count). The van der Waals surface area contributed by atoms with Crippen LogP contribution in [-0.4, -0.2) is 33.3 Å². The van der Waals surface area contributed by atoms with Crippen molar-refractivity contribution < 1.29 is 0 Å². The number of hydrogen-bond acceptors (Lipinski definition) is 4. The van der Waals surface area contributed by atoms with Crippen LogP contribution >= 0.6 is 0 Å². The van der Waals surface area contributed by atoms with E-state index in [1.54, 1.807) is 6.20 Å². The molecule has 2 aromatic rings. The molecule has 0 bridgehead atoms. The molecule has 0 amide bonds.